The van der Waals surface area contributed by atoms with Crippen molar-refractivity contribution in [1.82, 2.24) is 14.6 Å². The number of hydrogen-bond donors (Lipinski definition) is 1. The predicted octanol–water partition coefficient (Wildman–Crippen LogP) is 3.29. The molecule has 2 aromatic heterocycles. The molecular formula is C20H22F3N5O2. The normalized spacial score (nSPS) is 14.9. The summed E-state index contributed by atoms with van der Waals surface area (Å²) in [6.07, 6.45) is -4.20. The predicted molar refractivity (Wildman–Crippen MR) is 106 cm³/mol. The summed E-state index contributed by atoms with van der Waals surface area (Å²) in [6.45, 7) is 2.83. The van der Waals surface area contributed by atoms with Crippen molar-refractivity contribution in [2.75, 3.05) is 43.6 Å². The van der Waals surface area contributed by atoms with Gasteiger partial charge in [-0.1, -0.05) is 12.1 Å². The molecule has 30 heavy (non-hydrogen) atoms. The summed E-state index contributed by atoms with van der Waals surface area (Å²) in [5.41, 5.74) is 1.98. The minimum Gasteiger partial charge on any atom is -0.497 e. The van der Waals surface area contributed by atoms with E-state index in [9.17, 15) is 13.2 Å². The first kappa shape index (κ1) is 20.3. The summed E-state index contributed by atoms with van der Waals surface area (Å²) >= 11 is 0. The molecule has 0 spiro atoms. The van der Waals surface area contributed by atoms with Crippen molar-refractivity contribution >= 4 is 17.2 Å². The molecule has 160 valence electrons. The maximum atomic E-state index is 13.0. The first-order chi connectivity index (χ1) is 14.4. The lowest BCUT2D eigenvalue weighted by Gasteiger charge is -2.28. The molecule has 0 amide bonds. The number of methoxy groups -OCH3 is 1. The smallest absolute Gasteiger partial charge is 0.394 e. The number of nitrogens with one attached hydrogen (secondary N) is 1. The van der Waals surface area contributed by atoms with E-state index in [0.29, 0.717) is 50.0 Å². The number of aromatic nitrogens is 3. The zero-order valence-corrected chi connectivity index (χ0v) is 16.4. The number of morpholine rings is 1. The number of fused-ring (bicyclic) bond motifs is 1. The van der Waals surface area contributed by atoms with Crippen LogP contribution in [0.3, 0.4) is 0 Å². The van der Waals surface area contributed by atoms with Crippen molar-refractivity contribution in [1.29, 1.82) is 0 Å². The van der Waals surface area contributed by atoms with Gasteiger partial charge in [-0.05, 0) is 17.7 Å². The fourth-order valence-electron chi connectivity index (χ4n) is 3.34. The summed E-state index contributed by atoms with van der Waals surface area (Å²) in [5, 5.41) is 7.74. The number of anilines is 2. The van der Waals surface area contributed by atoms with Gasteiger partial charge >= 0.3 is 6.18 Å². The Morgan fingerprint density at radius 1 is 1.17 bits per heavy atom. The quantitative estimate of drug-likeness (QED) is 0.659. The highest BCUT2D eigenvalue weighted by Gasteiger charge is 2.30. The molecule has 0 saturated carbocycles. The van der Waals surface area contributed by atoms with E-state index >= 15 is 0 Å². The molecule has 3 aromatic rings. The summed E-state index contributed by atoms with van der Waals surface area (Å²) in [7, 11) is 1.60. The minimum atomic E-state index is -4.34. The molecule has 0 bridgehead atoms. The van der Waals surface area contributed by atoms with E-state index in [4.69, 9.17) is 9.47 Å². The van der Waals surface area contributed by atoms with E-state index in [1.807, 2.05) is 35.2 Å². The molecule has 1 N–H and O–H groups in total. The molecule has 10 heteroatoms. The third-order valence-corrected chi connectivity index (χ3v) is 4.88. The summed E-state index contributed by atoms with van der Waals surface area (Å²) < 4.78 is 50.9. The van der Waals surface area contributed by atoms with Gasteiger partial charge in [-0.3, -0.25) is 0 Å². The Labute approximate surface area is 171 Å². The Bertz CT molecular complexity index is 998. The van der Waals surface area contributed by atoms with Crippen molar-refractivity contribution < 1.29 is 22.6 Å². The van der Waals surface area contributed by atoms with Gasteiger partial charge in [0, 0.05) is 25.7 Å². The van der Waals surface area contributed by atoms with Gasteiger partial charge in [-0.25, -0.2) is 9.50 Å². The number of alkyl halides is 3. The van der Waals surface area contributed by atoms with Crippen LogP contribution in [-0.4, -0.2) is 54.2 Å². The molecule has 0 atom stereocenters. The number of hydrogen-bond acceptors (Lipinski definition) is 6. The minimum absolute atomic E-state index is 0.0000990. The van der Waals surface area contributed by atoms with Crippen molar-refractivity contribution in [3.05, 3.63) is 47.8 Å². The zero-order chi connectivity index (χ0) is 21.1. The fourth-order valence-corrected chi connectivity index (χ4v) is 3.34. The summed E-state index contributed by atoms with van der Waals surface area (Å²) in [4.78, 5) is 6.20. The van der Waals surface area contributed by atoms with Gasteiger partial charge in [-0.15, -0.1) is 5.10 Å². The number of nitrogens with zero attached hydrogens (tertiary/aromatic N) is 4. The number of ether oxygens (including phenoxy) is 2. The average molecular weight is 421 g/mol. The van der Waals surface area contributed by atoms with Crippen LogP contribution >= 0.6 is 0 Å². The third kappa shape index (κ3) is 4.59. The first-order valence-corrected chi connectivity index (χ1v) is 9.57. The van der Waals surface area contributed by atoms with Crippen LogP contribution < -0.4 is 15.0 Å². The number of imidazole rings is 1. The highest BCUT2D eigenvalue weighted by molar-refractivity contribution is 5.71. The van der Waals surface area contributed by atoms with Crippen molar-refractivity contribution in [2.45, 2.75) is 19.1 Å². The Morgan fingerprint density at radius 2 is 1.90 bits per heavy atom. The lowest BCUT2D eigenvalue weighted by atomic mass is 10.2. The Morgan fingerprint density at radius 3 is 2.57 bits per heavy atom. The zero-order valence-electron chi connectivity index (χ0n) is 16.4. The number of halogens is 3. The van der Waals surface area contributed by atoms with Gasteiger partial charge in [0.25, 0.3) is 0 Å². The van der Waals surface area contributed by atoms with Crippen LogP contribution in [0, 0.1) is 0 Å². The fraction of sp³-hybridized carbons (Fsp3) is 0.400. The van der Waals surface area contributed by atoms with Crippen molar-refractivity contribution in [2.24, 2.45) is 0 Å². The van der Waals surface area contributed by atoms with Crippen molar-refractivity contribution in [3.63, 3.8) is 0 Å². The molecule has 4 rings (SSSR count). The van der Waals surface area contributed by atoms with E-state index in [0.717, 1.165) is 11.3 Å². The van der Waals surface area contributed by atoms with E-state index in [-0.39, 0.29) is 5.69 Å². The van der Waals surface area contributed by atoms with E-state index in [1.165, 1.54) is 10.7 Å². The van der Waals surface area contributed by atoms with E-state index < -0.39 is 12.6 Å². The Hall–Kier alpha value is -3.01. The molecule has 0 unspecified atom stereocenters. The van der Waals surface area contributed by atoms with Gasteiger partial charge in [0.05, 0.1) is 44.3 Å². The largest absolute Gasteiger partial charge is 0.497 e. The molecule has 1 aliphatic rings. The number of rotatable bonds is 6. The molecule has 0 aliphatic carbocycles. The van der Waals surface area contributed by atoms with E-state index in [1.54, 1.807) is 7.11 Å². The Kier molecular flexibility index (Phi) is 5.67. The highest BCUT2D eigenvalue weighted by atomic mass is 19.4. The van der Waals surface area contributed by atoms with Gasteiger partial charge in [0.2, 0.25) is 0 Å². The maximum absolute atomic E-state index is 13.0. The van der Waals surface area contributed by atoms with Crippen LogP contribution in [0.25, 0.3) is 5.65 Å². The van der Waals surface area contributed by atoms with Gasteiger partial charge in [0.15, 0.2) is 11.5 Å². The topological polar surface area (TPSA) is 63.9 Å². The van der Waals surface area contributed by atoms with Crippen molar-refractivity contribution in [3.8, 4) is 5.75 Å². The second kappa shape index (κ2) is 8.39. The summed E-state index contributed by atoms with van der Waals surface area (Å²) in [5.74, 6) is 1.34. The summed E-state index contributed by atoms with van der Waals surface area (Å²) in [6, 6.07) is 9.39. The lowest BCUT2D eigenvalue weighted by molar-refractivity contribution is -0.128. The van der Waals surface area contributed by atoms with Gasteiger partial charge < -0.3 is 19.7 Å². The van der Waals surface area contributed by atoms with Crippen LogP contribution in [0.2, 0.25) is 0 Å². The molecule has 7 nitrogen and oxygen atoms in total. The Balaban J connectivity index is 1.66. The number of benzene rings is 1. The standard InChI is InChI=1S/C20H22F3N5O2/c1-29-16-4-2-14(3-5-16)12-24-17-10-18(27-6-8-30-9-7-27)26-28-15(11-20(21,22)23)13-25-19(17)28/h2-5,10,13,24H,6-9,11-12H2,1H3. The maximum Gasteiger partial charge on any atom is 0.394 e. The van der Waals surface area contributed by atoms with Crippen LogP contribution in [0.5, 0.6) is 5.75 Å². The van der Waals surface area contributed by atoms with Crippen LogP contribution in [-0.2, 0) is 17.7 Å². The molecule has 1 aromatic carbocycles. The first-order valence-electron chi connectivity index (χ1n) is 9.57. The van der Waals surface area contributed by atoms with E-state index in [2.05, 4.69) is 15.4 Å². The molecule has 1 aliphatic heterocycles. The van der Waals surface area contributed by atoms with Crippen LogP contribution in [0.4, 0.5) is 24.7 Å². The molecule has 3 heterocycles. The monoisotopic (exact) mass is 421 g/mol. The van der Waals surface area contributed by atoms with Gasteiger partial charge in [-0.2, -0.15) is 13.2 Å². The molecule has 1 fully saturated rings. The van der Waals surface area contributed by atoms with Crippen LogP contribution in [0.15, 0.2) is 36.5 Å². The SMILES string of the molecule is COc1ccc(CNc2cc(N3CCOCC3)nn3c(CC(F)(F)F)cnc23)cc1. The second-order valence-corrected chi connectivity index (χ2v) is 6.99. The van der Waals surface area contributed by atoms with Crippen LogP contribution in [0.1, 0.15) is 11.3 Å². The molecule has 0 radical (unpaired) electrons. The highest BCUT2D eigenvalue weighted by Crippen LogP contribution is 2.27. The third-order valence-electron chi connectivity index (χ3n) is 4.88. The average Bonchev–Trinajstić information content (AvgIpc) is 3.14. The molecular weight excluding hydrogens is 399 g/mol. The van der Waals surface area contributed by atoms with Gasteiger partial charge in [0.1, 0.15) is 5.75 Å². The second-order valence-electron chi connectivity index (χ2n) is 6.99. The lowest BCUT2D eigenvalue weighted by Crippen LogP contribution is -2.37. The molecule has 1 saturated heterocycles.